The Balaban J connectivity index is 1.73. The van der Waals surface area contributed by atoms with Crippen LogP contribution >= 0.6 is 0 Å². The highest BCUT2D eigenvalue weighted by Gasteiger charge is 2.35. The second-order valence-corrected chi connectivity index (χ2v) is 6.01. The van der Waals surface area contributed by atoms with Crippen molar-refractivity contribution in [2.45, 2.75) is 31.6 Å². The minimum absolute atomic E-state index is 0.283. The maximum atomic E-state index is 12.2. The number of piperidine rings is 1. The van der Waals surface area contributed by atoms with Crippen LogP contribution in [0.4, 0.5) is 0 Å². The molecule has 1 atom stereocenters. The molecule has 0 aromatic heterocycles. The predicted molar refractivity (Wildman–Crippen MR) is 79.1 cm³/mol. The Labute approximate surface area is 125 Å². The van der Waals surface area contributed by atoms with Gasteiger partial charge in [-0.3, -0.25) is 4.79 Å². The first-order chi connectivity index (χ1) is 10.2. The molecule has 3 rings (SSSR count). The van der Waals surface area contributed by atoms with Gasteiger partial charge in [-0.25, -0.2) is 4.79 Å². The molecule has 1 saturated carbocycles. The van der Waals surface area contributed by atoms with Crippen molar-refractivity contribution in [2.24, 2.45) is 5.92 Å². The van der Waals surface area contributed by atoms with Gasteiger partial charge in [0.05, 0.1) is 12.7 Å². The number of ether oxygens (including phenoxy) is 1. The second-order valence-electron chi connectivity index (χ2n) is 6.01. The van der Waals surface area contributed by atoms with E-state index >= 15 is 0 Å². The third-order valence-electron chi connectivity index (χ3n) is 4.44. The Kier molecular flexibility index (Phi) is 3.95. The van der Waals surface area contributed by atoms with E-state index in [0.29, 0.717) is 17.4 Å². The summed E-state index contributed by atoms with van der Waals surface area (Å²) in [5.74, 6) is 0.624. The van der Waals surface area contributed by atoms with Gasteiger partial charge in [-0.1, -0.05) is 12.1 Å². The highest BCUT2D eigenvalue weighted by Crippen LogP contribution is 2.34. The zero-order valence-electron chi connectivity index (χ0n) is 12.4. The lowest BCUT2D eigenvalue weighted by atomic mass is 9.89. The largest absolute Gasteiger partial charge is 0.465 e. The first kappa shape index (κ1) is 14.1. The van der Waals surface area contributed by atoms with Gasteiger partial charge in [0.15, 0.2) is 0 Å². The summed E-state index contributed by atoms with van der Waals surface area (Å²) in [6, 6.07) is 7.61. The third kappa shape index (κ3) is 3.09. The Bertz CT molecular complexity index is 551. The summed E-state index contributed by atoms with van der Waals surface area (Å²) >= 11 is 0. The van der Waals surface area contributed by atoms with Crippen LogP contribution in [0.1, 0.15) is 47.5 Å². The van der Waals surface area contributed by atoms with Crippen LogP contribution in [0, 0.1) is 5.92 Å². The van der Waals surface area contributed by atoms with E-state index in [0.717, 1.165) is 44.3 Å². The molecule has 0 N–H and O–H groups in total. The number of hydrogen-bond acceptors (Lipinski definition) is 3. The Morgan fingerprint density at radius 3 is 2.76 bits per heavy atom. The molecule has 1 saturated heterocycles. The van der Waals surface area contributed by atoms with Gasteiger partial charge < -0.3 is 9.64 Å². The smallest absolute Gasteiger partial charge is 0.337 e. The van der Waals surface area contributed by atoms with Crippen molar-refractivity contribution in [1.29, 1.82) is 0 Å². The van der Waals surface area contributed by atoms with Crippen LogP contribution in [0.2, 0.25) is 0 Å². The number of likely N-dealkylation sites (tertiary alicyclic amines) is 1. The zero-order chi connectivity index (χ0) is 14.8. The summed E-state index contributed by atoms with van der Waals surface area (Å²) in [5, 5.41) is 0. The number of carbonyl (C=O) groups is 2. The maximum absolute atomic E-state index is 12.2. The van der Waals surface area contributed by atoms with Crippen molar-refractivity contribution in [3.8, 4) is 0 Å². The van der Waals surface area contributed by atoms with E-state index in [9.17, 15) is 9.59 Å². The molecule has 1 amide bonds. The lowest BCUT2D eigenvalue weighted by molar-refractivity contribution is -0.133. The molecule has 4 heteroatoms. The van der Waals surface area contributed by atoms with Gasteiger partial charge in [0, 0.05) is 24.9 Å². The summed E-state index contributed by atoms with van der Waals surface area (Å²) < 4.78 is 4.77. The highest BCUT2D eigenvalue weighted by atomic mass is 16.5. The van der Waals surface area contributed by atoms with E-state index < -0.39 is 0 Å². The van der Waals surface area contributed by atoms with Crippen molar-refractivity contribution < 1.29 is 14.3 Å². The number of carbonyl (C=O) groups excluding carboxylic acids is 2. The highest BCUT2D eigenvalue weighted by molar-refractivity contribution is 5.89. The third-order valence-corrected chi connectivity index (χ3v) is 4.44. The van der Waals surface area contributed by atoms with Crippen LogP contribution in [0.15, 0.2) is 24.3 Å². The SMILES string of the molecule is COC(=O)c1cccc(C2CCCN(C(=O)C3CC3)C2)c1. The molecule has 1 unspecified atom stereocenters. The molecular weight excluding hydrogens is 266 g/mol. The number of benzene rings is 1. The number of nitrogens with zero attached hydrogens (tertiary/aromatic N) is 1. The van der Waals surface area contributed by atoms with Gasteiger partial charge in [0.1, 0.15) is 0 Å². The molecule has 2 fully saturated rings. The lowest BCUT2D eigenvalue weighted by Crippen LogP contribution is -2.39. The molecule has 1 aliphatic heterocycles. The Hall–Kier alpha value is -1.84. The topological polar surface area (TPSA) is 46.6 Å². The van der Waals surface area contributed by atoms with E-state index in [4.69, 9.17) is 4.74 Å². The Morgan fingerprint density at radius 1 is 1.24 bits per heavy atom. The van der Waals surface area contributed by atoms with Crippen molar-refractivity contribution in [2.75, 3.05) is 20.2 Å². The minimum Gasteiger partial charge on any atom is -0.465 e. The molecule has 0 bridgehead atoms. The standard InChI is InChI=1S/C17H21NO3/c1-21-17(20)14-5-2-4-13(10-14)15-6-3-9-18(11-15)16(19)12-7-8-12/h2,4-5,10,12,15H,3,6-9,11H2,1H3. The molecule has 21 heavy (non-hydrogen) atoms. The van der Waals surface area contributed by atoms with Crippen LogP contribution in [0.3, 0.4) is 0 Å². The quantitative estimate of drug-likeness (QED) is 0.803. The second kappa shape index (κ2) is 5.88. The average Bonchev–Trinajstić information content (AvgIpc) is 3.38. The number of esters is 1. The van der Waals surface area contributed by atoms with Gasteiger partial charge in [-0.15, -0.1) is 0 Å². The van der Waals surface area contributed by atoms with E-state index in [1.807, 2.05) is 23.1 Å². The molecule has 1 aromatic carbocycles. The van der Waals surface area contributed by atoms with E-state index in [1.54, 1.807) is 6.07 Å². The van der Waals surface area contributed by atoms with Crippen molar-refractivity contribution in [1.82, 2.24) is 4.90 Å². The predicted octanol–water partition coefficient (Wildman–Crippen LogP) is 2.59. The van der Waals surface area contributed by atoms with Gasteiger partial charge in [-0.2, -0.15) is 0 Å². The fraction of sp³-hybridized carbons (Fsp3) is 0.529. The van der Waals surface area contributed by atoms with E-state index in [1.165, 1.54) is 7.11 Å². The molecular formula is C17H21NO3. The minimum atomic E-state index is -0.307. The monoisotopic (exact) mass is 287 g/mol. The molecule has 0 spiro atoms. The molecule has 112 valence electrons. The normalized spacial score (nSPS) is 22.0. The molecule has 0 radical (unpaired) electrons. The summed E-state index contributed by atoms with van der Waals surface area (Å²) in [7, 11) is 1.39. The summed E-state index contributed by atoms with van der Waals surface area (Å²) in [6.07, 6.45) is 4.21. The number of amides is 1. The lowest BCUT2D eigenvalue weighted by Gasteiger charge is -2.33. The van der Waals surface area contributed by atoms with Gasteiger partial charge in [0.2, 0.25) is 5.91 Å². The summed E-state index contributed by atoms with van der Waals surface area (Å²) in [6.45, 7) is 1.66. The summed E-state index contributed by atoms with van der Waals surface area (Å²) in [4.78, 5) is 25.9. The molecule has 1 aromatic rings. The van der Waals surface area contributed by atoms with Crippen molar-refractivity contribution in [3.05, 3.63) is 35.4 Å². The van der Waals surface area contributed by atoms with Crippen LogP contribution in [0.5, 0.6) is 0 Å². The van der Waals surface area contributed by atoms with Gasteiger partial charge in [0.25, 0.3) is 0 Å². The van der Waals surface area contributed by atoms with Crippen LogP contribution in [-0.4, -0.2) is 37.0 Å². The number of hydrogen-bond donors (Lipinski definition) is 0. The molecule has 2 aliphatic rings. The van der Waals surface area contributed by atoms with Gasteiger partial charge >= 0.3 is 5.97 Å². The van der Waals surface area contributed by atoms with Crippen LogP contribution in [-0.2, 0) is 9.53 Å². The fourth-order valence-corrected chi connectivity index (χ4v) is 3.08. The summed E-state index contributed by atoms with van der Waals surface area (Å²) in [5.41, 5.74) is 1.71. The van der Waals surface area contributed by atoms with E-state index in [-0.39, 0.29) is 11.9 Å². The Morgan fingerprint density at radius 2 is 2.05 bits per heavy atom. The number of rotatable bonds is 3. The zero-order valence-corrected chi connectivity index (χ0v) is 12.4. The number of methoxy groups -OCH3 is 1. The van der Waals surface area contributed by atoms with Crippen LogP contribution in [0.25, 0.3) is 0 Å². The van der Waals surface area contributed by atoms with Crippen LogP contribution < -0.4 is 0 Å². The average molecular weight is 287 g/mol. The first-order valence-electron chi connectivity index (χ1n) is 7.66. The maximum Gasteiger partial charge on any atom is 0.337 e. The first-order valence-corrected chi connectivity index (χ1v) is 7.66. The van der Waals surface area contributed by atoms with Crippen molar-refractivity contribution >= 4 is 11.9 Å². The molecule has 1 heterocycles. The fourth-order valence-electron chi connectivity index (χ4n) is 3.08. The molecule has 1 aliphatic carbocycles. The molecule has 4 nitrogen and oxygen atoms in total. The van der Waals surface area contributed by atoms with Gasteiger partial charge in [-0.05, 0) is 43.4 Å². The van der Waals surface area contributed by atoms with E-state index in [2.05, 4.69) is 0 Å². The van der Waals surface area contributed by atoms with Crippen molar-refractivity contribution in [3.63, 3.8) is 0 Å².